The van der Waals surface area contributed by atoms with Gasteiger partial charge in [0.25, 0.3) is 0 Å². The summed E-state index contributed by atoms with van der Waals surface area (Å²) in [4.78, 5) is 30.4. The number of anilines is 5. The number of carbonyl (C=O) groups is 1. The van der Waals surface area contributed by atoms with Gasteiger partial charge in [-0.2, -0.15) is 4.98 Å². The third kappa shape index (κ3) is 6.49. The van der Waals surface area contributed by atoms with Crippen LogP contribution in [0, 0.1) is 0 Å². The zero-order valence-electron chi connectivity index (χ0n) is 22.1. The van der Waals surface area contributed by atoms with E-state index in [1.807, 2.05) is 79.7 Å². The topological polar surface area (TPSA) is 122 Å². The van der Waals surface area contributed by atoms with Gasteiger partial charge in [0, 0.05) is 42.3 Å². The van der Waals surface area contributed by atoms with E-state index in [2.05, 4.69) is 25.5 Å². The number of fused-ring (bicyclic) bond motifs is 1. The summed E-state index contributed by atoms with van der Waals surface area (Å²) in [5.74, 6) is 1.48. The maximum Gasteiger partial charge on any atom is 0.248 e. The van der Waals surface area contributed by atoms with E-state index in [9.17, 15) is 4.79 Å². The molecule has 1 saturated heterocycles. The van der Waals surface area contributed by atoms with Gasteiger partial charge in [0.1, 0.15) is 11.6 Å². The molecule has 10 nitrogen and oxygen atoms in total. The van der Waals surface area contributed by atoms with Crippen LogP contribution in [-0.4, -0.2) is 72.7 Å². The van der Waals surface area contributed by atoms with Crippen LogP contribution in [0.2, 0.25) is 0 Å². The van der Waals surface area contributed by atoms with Crippen molar-refractivity contribution in [3.63, 3.8) is 0 Å². The minimum Gasteiger partial charge on any atom is -0.383 e. The van der Waals surface area contributed by atoms with E-state index >= 15 is 0 Å². The van der Waals surface area contributed by atoms with E-state index < -0.39 is 0 Å². The van der Waals surface area contributed by atoms with Crippen molar-refractivity contribution in [3.05, 3.63) is 72.9 Å². The van der Waals surface area contributed by atoms with Gasteiger partial charge in [0.2, 0.25) is 11.9 Å². The Morgan fingerprint density at radius 1 is 1.08 bits per heavy atom. The van der Waals surface area contributed by atoms with Crippen LogP contribution in [0.5, 0.6) is 0 Å². The first-order chi connectivity index (χ1) is 19.0. The fraction of sp³-hybridized carbons (Fsp3) is 0.241. The van der Waals surface area contributed by atoms with Crippen molar-refractivity contribution in [1.29, 1.82) is 0 Å². The first-order valence-electron chi connectivity index (χ1n) is 12.8. The van der Waals surface area contributed by atoms with Gasteiger partial charge < -0.3 is 30.9 Å². The molecule has 5 rings (SSSR count). The van der Waals surface area contributed by atoms with Gasteiger partial charge in [0.05, 0.1) is 30.6 Å². The molecule has 0 unspecified atom stereocenters. The average molecular weight is 525 g/mol. The fourth-order valence-corrected chi connectivity index (χ4v) is 4.35. The highest BCUT2D eigenvalue weighted by Crippen LogP contribution is 2.32. The molecular formula is C29H32N8O2. The minimum atomic E-state index is -0.182. The number of benzene rings is 2. The van der Waals surface area contributed by atoms with Crippen LogP contribution in [0.4, 0.5) is 29.0 Å². The van der Waals surface area contributed by atoms with Gasteiger partial charge in [-0.25, -0.2) is 9.97 Å². The van der Waals surface area contributed by atoms with Gasteiger partial charge in [-0.3, -0.25) is 4.79 Å². The lowest BCUT2D eigenvalue weighted by Gasteiger charge is -2.27. The van der Waals surface area contributed by atoms with E-state index in [1.54, 1.807) is 12.3 Å². The Hall–Kier alpha value is -4.54. The van der Waals surface area contributed by atoms with E-state index in [0.717, 1.165) is 41.1 Å². The summed E-state index contributed by atoms with van der Waals surface area (Å²) in [7, 11) is 3.90. The lowest BCUT2D eigenvalue weighted by atomic mass is 10.0. The molecule has 10 heteroatoms. The Bertz CT molecular complexity index is 1480. The van der Waals surface area contributed by atoms with Crippen LogP contribution in [0.15, 0.2) is 72.9 Å². The number of hydrogen-bond donors (Lipinski definition) is 3. The molecule has 1 fully saturated rings. The van der Waals surface area contributed by atoms with E-state index in [0.29, 0.717) is 42.7 Å². The highest BCUT2D eigenvalue weighted by molar-refractivity contribution is 6.02. The molecule has 200 valence electrons. The Morgan fingerprint density at radius 3 is 2.67 bits per heavy atom. The lowest BCUT2D eigenvalue weighted by Crippen LogP contribution is -2.36. The number of pyridine rings is 1. The zero-order chi connectivity index (χ0) is 27.2. The molecule has 4 aromatic rings. The SMILES string of the molecule is CN(C)CC=CC(=O)Nc1cccc(-c2cccc3c(N)nc(Nc4ccc(N5CCOCC5)nc4)nc23)c1. The second-order valence-electron chi connectivity index (χ2n) is 9.50. The Morgan fingerprint density at radius 2 is 1.90 bits per heavy atom. The van der Waals surface area contributed by atoms with Crippen molar-refractivity contribution in [2.75, 3.05) is 68.2 Å². The van der Waals surface area contributed by atoms with E-state index in [1.165, 1.54) is 0 Å². The molecule has 0 aliphatic carbocycles. The highest BCUT2D eigenvalue weighted by atomic mass is 16.5. The Kier molecular flexibility index (Phi) is 7.95. The smallest absolute Gasteiger partial charge is 0.248 e. The molecule has 4 N–H and O–H groups in total. The predicted octanol–water partition coefficient (Wildman–Crippen LogP) is 3.91. The maximum absolute atomic E-state index is 12.4. The van der Waals surface area contributed by atoms with Crippen LogP contribution in [0.25, 0.3) is 22.0 Å². The molecule has 1 amide bonds. The van der Waals surface area contributed by atoms with Crippen molar-refractivity contribution < 1.29 is 9.53 Å². The van der Waals surface area contributed by atoms with Crippen molar-refractivity contribution >= 4 is 45.8 Å². The molecule has 0 bridgehead atoms. The number of nitrogens with zero attached hydrogens (tertiary/aromatic N) is 5. The molecule has 2 aromatic heterocycles. The molecule has 1 aliphatic heterocycles. The van der Waals surface area contributed by atoms with E-state index in [4.69, 9.17) is 15.5 Å². The summed E-state index contributed by atoms with van der Waals surface area (Å²) in [5.41, 5.74) is 10.3. The van der Waals surface area contributed by atoms with Gasteiger partial charge in [-0.05, 0) is 50.0 Å². The zero-order valence-corrected chi connectivity index (χ0v) is 22.1. The quantitative estimate of drug-likeness (QED) is 0.295. The number of nitrogens with two attached hydrogens (primary N) is 1. The third-order valence-electron chi connectivity index (χ3n) is 6.28. The summed E-state index contributed by atoms with van der Waals surface area (Å²) in [6.07, 6.45) is 5.13. The van der Waals surface area contributed by atoms with Crippen LogP contribution in [0.3, 0.4) is 0 Å². The van der Waals surface area contributed by atoms with Crippen LogP contribution in [-0.2, 0) is 9.53 Å². The van der Waals surface area contributed by atoms with E-state index in [-0.39, 0.29) is 5.91 Å². The normalized spacial score (nSPS) is 13.8. The number of carbonyl (C=O) groups excluding carboxylic acids is 1. The monoisotopic (exact) mass is 524 g/mol. The van der Waals surface area contributed by atoms with Gasteiger partial charge in [-0.15, -0.1) is 0 Å². The molecule has 1 aliphatic rings. The first kappa shape index (κ1) is 26.1. The molecule has 39 heavy (non-hydrogen) atoms. The largest absolute Gasteiger partial charge is 0.383 e. The molecule has 2 aromatic carbocycles. The maximum atomic E-state index is 12.4. The van der Waals surface area contributed by atoms with Gasteiger partial charge in [0.15, 0.2) is 0 Å². The summed E-state index contributed by atoms with van der Waals surface area (Å²) < 4.78 is 5.42. The molecular weight excluding hydrogens is 492 g/mol. The number of rotatable bonds is 8. The number of likely N-dealkylation sites (N-methyl/N-ethyl adjacent to an activating group) is 1. The third-order valence-corrected chi connectivity index (χ3v) is 6.28. The van der Waals surface area contributed by atoms with Crippen molar-refractivity contribution in [3.8, 4) is 11.1 Å². The molecule has 3 heterocycles. The Balaban J connectivity index is 1.39. The lowest BCUT2D eigenvalue weighted by molar-refractivity contribution is -0.111. The number of para-hydroxylation sites is 1. The van der Waals surface area contributed by atoms with Crippen LogP contribution >= 0.6 is 0 Å². The number of amides is 1. The standard InChI is InChI=1S/C29H32N8O2/c1-36(2)13-5-10-26(38)32-21-7-3-6-20(18-21)23-8-4-9-24-27(23)34-29(35-28(24)30)33-22-11-12-25(31-19-22)37-14-16-39-17-15-37/h3-12,18-19H,13-17H2,1-2H3,(H,32,38)(H3,30,33,34,35). The van der Waals surface area contributed by atoms with Crippen LogP contribution in [0.1, 0.15) is 0 Å². The van der Waals surface area contributed by atoms with Crippen molar-refractivity contribution in [1.82, 2.24) is 19.9 Å². The molecule has 0 atom stereocenters. The highest BCUT2D eigenvalue weighted by Gasteiger charge is 2.14. The summed E-state index contributed by atoms with van der Waals surface area (Å²) in [6.45, 7) is 3.75. The predicted molar refractivity (Wildman–Crippen MR) is 156 cm³/mol. The molecule has 0 spiro atoms. The number of aromatic nitrogens is 3. The summed E-state index contributed by atoms with van der Waals surface area (Å²) in [5, 5.41) is 6.91. The number of nitrogens with one attached hydrogen (secondary N) is 2. The van der Waals surface area contributed by atoms with Crippen LogP contribution < -0.4 is 21.3 Å². The number of hydrogen-bond acceptors (Lipinski definition) is 9. The average Bonchev–Trinajstić information content (AvgIpc) is 2.94. The number of ether oxygens (including phenoxy) is 1. The second-order valence-corrected chi connectivity index (χ2v) is 9.50. The molecule has 0 saturated carbocycles. The summed E-state index contributed by atoms with van der Waals surface area (Å²) >= 11 is 0. The first-order valence-corrected chi connectivity index (χ1v) is 12.8. The summed E-state index contributed by atoms with van der Waals surface area (Å²) in [6, 6.07) is 17.4. The second kappa shape index (κ2) is 11.9. The molecule has 0 radical (unpaired) electrons. The van der Waals surface area contributed by atoms with Gasteiger partial charge in [-0.1, -0.05) is 30.3 Å². The minimum absolute atomic E-state index is 0.182. The number of morpholine rings is 1. The fourth-order valence-electron chi connectivity index (χ4n) is 4.35. The number of nitrogen functional groups attached to an aromatic ring is 1. The van der Waals surface area contributed by atoms with Gasteiger partial charge >= 0.3 is 0 Å². The van der Waals surface area contributed by atoms with Crippen molar-refractivity contribution in [2.45, 2.75) is 0 Å². The van der Waals surface area contributed by atoms with Crippen molar-refractivity contribution in [2.24, 2.45) is 0 Å². The Labute approximate surface area is 227 Å².